The van der Waals surface area contributed by atoms with E-state index < -0.39 is 0 Å². The van der Waals surface area contributed by atoms with E-state index >= 15 is 0 Å². The number of rotatable bonds is 3. The van der Waals surface area contributed by atoms with Crippen LogP contribution in [-0.4, -0.2) is 0 Å². The molecule has 0 heterocycles. The Kier molecular flexibility index (Phi) is 3.55. The Morgan fingerprint density at radius 3 is 2.35 bits per heavy atom. The first-order valence-electron chi connectivity index (χ1n) is 5.54. The Balaban J connectivity index is 2.19. The van der Waals surface area contributed by atoms with Crippen molar-refractivity contribution in [3.8, 4) is 5.75 Å². The SMILES string of the molecule is Cc1ccccc(OCc2ccccc2)c1=O. The second-order valence-electron chi connectivity index (χ2n) is 3.87. The standard InChI is InChI=1S/C15H14O2/c1-12-7-5-6-10-14(15(12)16)17-11-13-8-3-2-4-9-13/h2-10H,11H2,1H3. The third kappa shape index (κ3) is 2.94. The van der Waals surface area contributed by atoms with Gasteiger partial charge in [0.1, 0.15) is 6.61 Å². The molecule has 2 nitrogen and oxygen atoms in total. The number of aryl methyl sites for hydroxylation is 1. The highest BCUT2D eigenvalue weighted by molar-refractivity contribution is 5.26. The minimum absolute atomic E-state index is 0.0501. The molecule has 0 spiro atoms. The quantitative estimate of drug-likeness (QED) is 0.804. The minimum Gasteiger partial charge on any atom is -0.485 e. The van der Waals surface area contributed by atoms with E-state index in [-0.39, 0.29) is 5.43 Å². The molecule has 0 aliphatic rings. The van der Waals surface area contributed by atoms with E-state index in [1.807, 2.05) is 42.5 Å². The van der Waals surface area contributed by atoms with Gasteiger partial charge in [0.05, 0.1) is 0 Å². The molecule has 0 aliphatic heterocycles. The lowest BCUT2D eigenvalue weighted by Gasteiger charge is -2.03. The first-order valence-corrected chi connectivity index (χ1v) is 5.54. The maximum Gasteiger partial charge on any atom is 0.223 e. The lowest BCUT2D eigenvalue weighted by Crippen LogP contribution is -2.07. The summed E-state index contributed by atoms with van der Waals surface area (Å²) >= 11 is 0. The van der Waals surface area contributed by atoms with E-state index in [9.17, 15) is 4.79 Å². The summed E-state index contributed by atoms with van der Waals surface area (Å²) in [7, 11) is 0. The fourth-order valence-corrected chi connectivity index (χ4v) is 1.54. The van der Waals surface area contributed by atoms with E-state index in [0.717, 1.165) is 5.56 Å². The molecule has 0 aromatic heterocycles. The maximum atomic E-state index is 11.9. The average molecular weight is 226 g/mol. The highest BCUT2D eigenvalue weighted by Gasteiger charge is 2.01. The molecule has 17 heavy (non-hydrogen) atoms. The summed E-state index contributed by atoms with van der Waals surface area (Å²) in [5, 5.41) is 0. The zero-order valence-electron chi connectivity index (χ0n) is 9.72. The Bertz CT molecular complexity index is 547. The maximum absolute atomic E-state index is 11.9. The van der Waals surface area contributed by atoms with Crippen molar-refractivity contribution in [2.24, 2.45) is 0 Å². The van der Waals surface area contributed by atoms with Gasteiger partial charge >= 0.3 is 0 Å². The van der Waals surface area contributed by atoms with E-state index in [2.05, 4.69) is 0 Å². The molecule has 0 aliphatic carbocycles. The van der Waals surface area contributed by atoms with Crippen LogP contribution in [0.2, 0.25) is 0 Å². The van der Waals surface area contributed by atoms with E-state index in [0.29, 0.717) is 17.9 Å². The van der Waals surface area contributed by atoms with Crippen molar-refractivity contribution in [1.29, 1.82) is 0 Å². The van der Waals surface area contributed by atoms with Crippen LogP contribution < -0.4 is 10.2 Å². The van der Waals surface area contributed by atoms with Crippen molar-refractivity contribution in [2.45, 2.75) is 13.5 Å². The first-order chi connectivity index (χ1) is 8.27. The van der Waals surface area contributed by atoms with Crippen LogP contribution >= 0.6 is 0 Å². The minimum atomic E-state index is -0.0501. The van der Waals surface area contributed by atoms with Crippen LogP contribution in [0.5, 0.6) is 5.75 Å². The lowest BCUT2D eigenvalue weighted by molar-refractivity contribution is 0.303. The molecule has 0 radical (unpaired) electrons. The van der Waals surface area contributed by atoms with Crippen LogP contribution in [0.1, 0.15) is 11.1 Å². The summed E-state index contributed by atoms with van der Waals surface area (Å²) in [4.78, 5) is 11.9. The molecule has 0 saturated carbocycles. The van der Waals surface area contributed by atoms with Gasteiger partial charge in [0.25, 0.3) is 0 Å². The van der Waals surface area contributed by atoms with Gasteiger partial charge in [0.2, 0.25) is 5.43 Å². The lowest BCUT2D eigenvalue weighted by atomic mass is 10.2. The Morgan fingerprint density at radius 1 is 0.941 bits per heavy atom. The topological polar surface area (TPSA) is 26.3 Å². The average Bonchev–Trinajstić information content (AvgIpc) is 2.52. The Hall–Kier alpha value is -2.09. The second-order valence-corrected chi connectivity index (χ2v) is 3.87. The van der Waals surface area contributed by atoms with Crippen molar-refractivity contribution < 1.29 is 4.74 Å². The van der Waals surface area contributed by atoms with Gasteiger partial charge in [-0.3, -0.25) is 4.79 Å². The summed E-state index contributed by atoms with van der Waals surface area (Å²) in [6.07, 6.45) is 0. The largest absolute Gasteiger partial charge is 0.485 e. The van der Waals surface area contributed by atoms with Gasteiger partial charge < -0.3 is 4.74 Å². The fraction of sp³-hybridized carbons (Fsp3) is 0.133. The summed E-state index contributed by atoms with van der Waals surface area (Å²) < 4.78 is 5.55. The third-order valence-electron chi connectivity index (χ3n) is 2.52. The molecule has 0 amide bonds. The van der Waals surface area contributed by atoms with Crippen LogP contribution in [0.25, 0.3) is 0 Å². The van der Waals surface area contributed by atoms with Crippen molar-refractivity contribution in [3.05, 3.63) is 75.9 Å². The molecule has 2 aromatic rings. The molecule has 86 valence electrons. The Labute approximate surface area is 101 Å². The van der Waals surface area contributed by atoms with E-state index in [4.69, 9.17) is 4.74 Å². The molecule has 0 unspecified atom stereocenters. The second kappa shape index (κ2) is 5.30. The molecule has 0 N–H and O–H groups in total. The van der Waals surface area contributed by atoms with Crippen LogP contribution in [-0.2, 0) is 6.61 Å². The Morgan fingerprint density at radius 2 is 1.59 bits per heavy atom. The van der Waals surface area contributed by atoms with E-state index in [1.165, 1.54) is 0 Å². The third-order valence-corrected chi connectivity index (χ3v) is 2.52. The first kappa shape index (κ1) is 11.4. The van der Waals surface area contributed by atoms with Crippen LogP contribution in [0.3, 0.4) is 0 Å². The molecule has 2 aromatic carbocycles. The van der Waals surface area contributed by atoms with Crippen molar-refractivity contribution in [3.63, 3.8) is 0 Å². The monoisotopic (exact) mass is 226 g/mol. The number of benzene rings is 1. The number of hydrogen-bond acceptors (Lipinski definition) is 2. The highest BCUT2D eigenvalue weighted by atomic mass is 16.5. The molecule has 0 atom stereocenters. The van der Waals surface area contributed by atoms with Gasteiger partial charge in [0, 0.05) is 5.56 Å². The normalized spacial score (nSPS) is 9.94. The smallest absolute Gasteiger partial charge is 0.223 e. The predicted octanol–water partition coefficient (Wildman–Crippen LogP) is 2.93. The van der Waals surface area contributed by atoms with Gasteiger partial charge in [-0.05, 0) is 18.6 Å². The van der Waals surface area contributed by atoms with Gasteiger partial charge in [-0.1, -0.05) is 48.5 Å². The zero-order chi connectivity index (χ0) is 12.1. The summed E-state index contributed by atoms with van der Waals surface area (Å²) in [5.41, 5.74) is 1.69. The summed E-state index contributed by atoms with van der Waals surface area (Å²) in [5.74, 6) is 0.399. The molecule has 2 rings (SSSR count). The fourth-order valence-electron chi connectivity index (χ4n) is 1.54. The van der Waals surface area contributed by atoms with Crippen molar-refractivity contribution >= 4 is 0 Å². The van der Waals surface area contributed by atoms with Gasteiger partial charge in [-0.2, -0.15) is 0 Å². The zero-order valence-corrected chi connectivity index (χ0v) is 9.72. The predicted molar refractivity (Wildman–Crippen MR) is 68.2 cm³/mol. The summed E-state index contributed by atoms with van der Waals surface area (Å²) in [6, 6.07) is 17.0. The summed E-state index contributed by atoms with van der Waals surface area (Å²) in [6.45, 7) is 2.21. The highest BCUT2D eigenvalue weighted by Crippen LogP contribution is 2.07. The van der Waals surface area contributed by atoms with E-state index in [1.54, 1.807) is 19.1 Å². The number of ether oxygens (including phenoxy) is 1. The van der Waals surface area contributed by atoms with Crippen LogP contribution in [0.4, 0.5) is 0 Å². The van der Waals surface area contributed by atoms with Gasteiger partial charge in [0.15, 0.2) is 5.75 Å². The molecular formula is C15H14O2. The molecule has 2 heteroatoms. The molecular weight excluding hydrogens is 212 g/mol. The van der Waals surface area contributed by atoms with Crippen LogP contribution in [0.15, 0.2) is 59.4 Å². The van der Waals surface area contributed by atoms with Crippen LogP contribution in [0, 0.1) is 6.92 Å². The van der Waals surface area contributed by atoms with Gasteiger partial charge in [-0.15, -0.1) is 0 Å². The molecule has 0 saturated heterocycles. The van der Waals surface area contributed by atoms with Gasteiger partial charge in [-0.25, -0.2) is 0 Å². The number of hydrogen-bond donors (Lipinski definition) is 0. The molecule has 0 bridgehead atoms. The molecule has 0 fully saturated rings. The van der Waals surface area contributed by atoms with Crippen molar-refractivity contribution in [2.75, 3.05) is 0 Å². The van der Waals surface area contributed by atoms with Crippen molar-refractivity contribution in [1.82, 2.24) is 0 Å².